The number of hydrogen-bond acceptors (Lipinski definition) is 11. The molecule has 0 saturated heterocycles. The van der Waals surface area contributed by atoms with E-state index in [1.807, 2.05) is 163 Å². The average molecular weight is 1330 g/mol. The number of benzene rings is 8. The zero-order chi connectivity index (χ0) is 59.3. The summed E-state index contributed by atoms with van der Waals surface area (Å²) < 4.78 is 110. The molecule has 6 aliphatic heterocycles. The summed E-state index contributed by atoms with van der Waals surface area (Å²) in [6, 6.07) is 70.0. The molecule has 366 valence electrons. The maximum absolute atomic E-state index is 9.00. The van der Waals surface area contributed by atoms with Gasteiger partial charge in [-0.15, -0.1) is 0 Å². The van der Waals surface area contributed by atoms with Crippen LogP contribution in [0.5, 0.6) is 0 Å². The standard InChI is InChI=1S/C61H43N11.2Pt/c1-63-40-67(57-29-9-5-25-53(57)63)44-17-13-21-48(35-44)71(49-22-14-18-45(36-49)68-41-64(2)54-26-6-10-30-58(54)68)52-33-34-61(62-39-52)72(50-23-15-19-46(37-50)69-42-65(3)55-27-7-11-31-59(55)69)51-24-16-20-47(38-51)70-43-66(4)56-28-8-12-32-60(56)70;;/h5-34,39H,1-4H3;;/q-4;;/i1D3,2D3,3D3,4D3;;. The second kappa shape index (κ2) is 16.6. The second-order valence-electron chi connectivity index (χ2n) is 17.5. The van der Waals surface area contributed by atoms with Crippen LogP contribution in [0.25, 0.3) is 0 Å². The van der Waals surface area contributed by atoms with Crippen LogP contribution in [-0.2, 0) is 35.3 Å². The van der Waals surface area contributed by atoms with Crippen molar-refractivity contribution in [2.45, 2.75) is 0 Å². The average Bonchev–Trinajstić information content (AvgIpc) is 1.73. The van der Waals surface area contributed by atoms with Crippen molar-refractivity contribution >= 4 is 119 Å². The normalized spacial score (nSPS) is 19.2. The summed E-state index contributed by atoms with van der Waals surface area (Å²) in [4.78, 5) is 22.1. The number of hydrogen-bond donors (Lipinski definition) is 0. The third-order valence-corrected chi connectivity index (χ3v) is 19.4. The van der Waals surface area contributed by atoms with Crippen LogP contribution in [0, 0.1) is 24.3 Å². The quantitative estimate of drug-likeness (QED) is 0.156. The Bertz CT molecular complexity index is 3930. The van der Waals surface area contributed by atoms with Gasteiger partial charge in [0.15, 0.2) is 0 Å². The molecule has 1 aromatic heterocycles. The Hall–Kier alpha value is -8.23. The van der Waals surface area contributed by atoms with Crippen LogP contribution >= 0.6 is 0 Å². The van der Waals surface area contributed by atoms with Crippen molar-refractivity contribution in [3.63, 3.8) is 0 Å². The van der Waals surface area contributed by atoms with Crippen molar-refractivity contribution in [1.82, 2.24) is 4.98 Å². The molecule has 74 heavy (non-hydrogen) atoms. The van der Waals surface area contributed by atoms with Gasteiger partial charge in [-0.05, 0) is 0 Å². The number of aromatic nitrogens is 1. The first-order valence-electron chi connectivity index (χ1n) is 29.3. The van der Waals surface area contributed by atoms with Crippen LogP contribution in [0.1, 0.15) is 16.4 Å². The molecule has 0 amide bonds. The van der Waals surface area contributed by atoms with E-state index in [0.29, 0.717) is 119 Å². The van der Waals surface area contributed by atoms with Gasteiger partial charge in [0.2, 0.25) is 0 Å². The van der Waals surface area contributed by atoms with E-state index in [-0.39, 0.29) is 0 Å². The van der Waals surface area contributed by atoms with E-state index in [2.05, 4.69) is 24.3 Å². The Morgan fingerprint density at radius 3 is 0.878 bits per heavy atom. The van der Waals surface area contributed by atoms with Crippen molar-refractivity contribution in [2.75, 3.05) is 76.9 Å². The molecule has 0 spiro atoms. The molecule has 0 atom stereocenters. The summed E-state index contributed by atoms with van der Waals surface area (Å²) >= 11 is -3.39. The van der Waals surface area contributed by atoms with Gasteiger partial charge in [0.25, 0.3) is 0 Å². The Morgan fingerprint density at radius 2 is 0.595 bits per heavy atom. The number of fused-ring (bicyclic) bond motifs is 24. The summed E-state index contributed by atoms with van der Waals surface area (Å²) in [5, 5.41) is 0. The molecule has 15 rings (SSSR count). The molecule has 0 radical (unpaired) electrons. The molecular formula is C61H43N11Pt2-4. The zero-order valence-electron chi connectivity index (χ0n) is 50.4. The fourth-order valence-corrected chi connectivity index (χ4v) is 16.3. The van der Waals surface area contributed by atoms with E-state index in [1.165, 1.54) is 19.6 Å². The van der Waals surface area contributed by atoms with E-state index in [4.69, 9.17) is 21.4 Å². The predicted octanol–water partition coefficient (Wildman–Crippen LogP) is 12.1. The summed E-state index contributed by atoms with van der Waals surface area (Å²) in [5.41, 5.74) is 8.99. The van der Waals surface area contributed by atoms with E-state index < -0.39 is 63.2 Å². The SMILES string of the molecule is [2H]C([2H])([2H])N1[C]2=[Pt]=[C]3N(c4[c-]c(ccc4)N(c4ccc(N5c6[c-]c(ccc6)N6[C](=[Pt]=[C]7N(c8[c-]c5ccc8)c5ccccc5N7C([2H])([2H])[2H])N(C([2H])([2H])[2H])c5ccccc56)nc4)c4[c-]c(ccc4)N2c2ccccc21)c1ccccc1N3C([2H])([2H])[2H]. The summed E-state index contributed by atoms with van der Waals surface area (Å²) in [6.45, 7) is -10.7. The van der Waals surface area contributed by atoms with Crippen LogP contribution in [0.4, 0.5) is 103 Å². The fraction of sp³-hybridized carbons (Fsp3) is 0.0656. The van der Waals surface area contributed by atoms with E-state index >= 15 is 0 Å². The topological polar surface area (TPSA) is 45.3 Å². The molecule has 0 unspecified atom stereocenters. The van der Waals surface area contributed by atoms with Gasteiger partial charge in [0.1, 0.15) is 0 Å². The molecule has 8 aromatic carbocycles. The molecule has 11 nitrogen and oxygen atoms in total. The number of rotatable bonds is 2. The van der Waals surface area contributed by atoms with Crippen molar-refractivity contribution in [2.24, 2.45) is 0 Å². The molecular weight excluding hydrogens is 1280 g/mol. The molecule has 13 heteroatoms. The summed E-state index contributed by atoms with van der Waals surface area (Å²) in [5.74, 6) is 0.439. The van der Waals surface area contributed by atoms with Gasteiger partial charge >= 0.3 is 465 Å². The molecule has 6 aliphatic rings. The minimum absolute atomic E-state index is 0.400. The molecule has 0 aliphatic carbocycles. The molecule has 8 bridgehead atoms. The Balaban J connectivity index is 0.929. The van der Waals surface area contributed by atoms with Crippen LogP contribution < -0.4 is 49.0 Å². The molecule has 0 fully saturated rings. The summed E-state index contributed by atoms with van der Waals surface area (Å²) in [6.07, 6.45) is 1.73. The third kappa shape index (κ3) is 6.42. The first kappa shape index (κ1) is 32.8. The molecule has 0 saturated carbocycles. The second-order valence-corrected chi connectivity index (χ2v) is 22.7. The number of pyridine rings is 1. The monoisotopic (exact) mass is 1330 g/mol. The number of nitrogens with zero attached hydrogens (tertiary/aromatic N) is 11. The first-order valence-corrected chi connectivity index (χ1v) is 27.9. The Labute approximate surface area is 462 Å². The van der Waals surface area contributed by atoms with Crippen LogP contribution in [-0.4, -0.2) is 49.5 Å². The van der Waals surface area contributed by atoms with Gasteiger partial charge < -0.3 is 0 Å². The minimum atomic E-state index is -2.67. The van der Waals surface area contributed by atoms with E-state index in [9.17, 15) is 0 Å². The Morgan fingerprint density at radius 1 is 0.311 bits per heavy atom. The van der Waals surface area contributed by atoms with Crippen LogP contribution in [0.15, 0.2) is 188 Å². The van der Waals surface area contributed by atoms with Gasteiger partial charge in [-0.2, -0.15) is 0 Å². The van der Waals surface area contributed by atoms with E-state index in [1.54, 1.807) is 54.7 Å². The Kier molecular flexibility index (Phi) is 7.37. The van der Waals surface area contributed by atoms with Crippen molar-refractivity contribution in [1.29, 1.82) is 0 Å². The zero-order valence-corrected chi connectivity index (χ0v) is 43.0. The third-order valence-electron chi connectivity index (χ3n) is 13.3. The number of anilines is 18. The molecule has 9 aromatic rings. The number of para-hydroxylation sites is 8. The van der Waals surface area contributed by atoms with Gasteiger partial charge in [-0.1, -0.05) is 0 Å². The summed E-state index contributed by atoms with van der Waals surface area (Å²) in [7, 11) is 0. The van der Waals surface area contributed by atoms with Gasteiger partial charge in [-0.3, -0.25) is 0 Å². The maximum atomic E-state index is 9.00. The first-order chi connectivity index (χ1) is 41.2. The van der Waals surface area contributed by atoms with Gasteiger partial charge in [0, 0.05) is 0 Å². The van der Waals surface area contributed by atoms with Crippen molar-refractivity contribution in [3.8, 4) is 0 Å². The molecule has 0 N–H and O–H groups in total. The fourth-order valence-electron chi connectivity index (χ4n) is 10.1. The predicted molar refractivity (Wildman–Crippen MR) is 297 cm³/mol. The van der Waals surface area contributed by atoms with Gasteiger partial charge in [-0.25, -0.2) is 0 Å². The van der Waals surface area contributed by atoms with Crippen LogP contribution in [0.3, 0.4) is 0 Å². The van der Waals surface area contributed by atoms with Gasteiger partial charge in [0.05, 0.1) is 0 Å². The van der Waals surface area contributed by atoms with E-state index in [0.717, 1.165) is 0 Å². The van der Waals surface area contributed by atoms with Crippen molar-refractivity contribution in [3.05, 3.63) is 212 Å². The van der Waals surface area contributed by atoms with Crippen molar-refractivity contribution < 1.29 is 51.7 Å². The molecule has 7 heterocycles. The van der Waals surface area contributed by atoms with Crippen LogP contribution in [0.2, 0.25) is 0 Å².